The first-order valence-corrected chi connectivity index (χ1v) is 10.6. The second-order valence-corrected chi connectivity index (χ2v) is 8.85. The zero-order valence-corrected chi connectivity index (χ0v) is 16.6. The van der Waals surface area contributed by atoms with Crippen molar-refractivity contribution in [1.29, 1.82) is 0 Å². The Bertz CT molecular complexity index is 1190. The van der Waals surface area contributed by atoms with Gasteiger partial charge in [-0.3, -0.25) is 9.69 Å². The highest BCUT2D eigenvalue weighted by atomic mass is 35.5. The number of hydrogen-bond donors (Lipinski definition) is 1. The molecule has 1 heterocycles. The number of hydrogen-bond acceptors (Lipinski definition) is 4. The summed E-state index contributed by atoms with van der Waals surface area (Å²) in [5, 5.41) is 11.1. The standard InChI is InChI=1S/C22H16ClNO4S/c23-16-13-11-15(12-14-16)19-21(29(27,28)18-9-5-2-6-10-18)20(25)22(26)24(19)17-7-3-1-4-8-17/h1-14,19,25H/t19-/m0/s1. The highest BCUT2D eigenvalue weighted by Gasteiger charge is 2.47. The van der Waals surface area contributed by atoms with Gasteiger partial charge in [-0.15, -0.1) is 0 Å². The molecule has 0 bridgehead atoms. The maximum absolute atomic E-state index is 13.4. The van der Waals surface area contributed by atoms with Gasteiger partial charge in [0.15, 0.2) is 5.76 Å². The first-order chi connectivity index (χ1) is 13.9. The molecule has 0 saturated carbocycles. The molecule has 1 aliphatic rings. The Labute approximate surface area is 173 Å². The summed E-state index contributed by atoms with van der Waals surface area (Å²) in [4.78, 5) is 13.9. The third-order valence-corrected chi connectivity index (χ3v) is 6.86. The van der Waals surface area contributed by atoms with Gasteiger partial charge >= 0.3 is 0 Å². The van der Waals surface area contributed by atoms with Crippen molar-refractivity contribution in [2.24, 2.45) is 0 Å². The average molecular weight is 426 g/mol. The molecular weight excluding hydrogens is 410 g/mol. The van der Waals surface area contributed by atoms with Gasteiger partial charge in [-0.05, 0) is 42.0 Å². The molecule has 3 aromatic rings. The predicted molar refractivity (Wildman–Crippen MR) is 111 cm³/mol. The summed E-state index contributed by atoms with van der Waals surface area (Å²) < 4.78 is 26.8. The molecule has 0 unspecified atom stereocenters. The zero-order valence-electron chi connectivity index (χ0n) is 15.1. The third kappa shape index (κ3) is 3.30. The smallest absolute Gasteiger partial charge is 0.295 e. The van der Waals surface area contributed by atoms with Crippen molar-refractivity contribution >= 4 is 33.0 Å². The van der Waals surface area contributed by atoms with Crippen LogP contribution in [0.15, 0.2) is 100 Å². The number of sulfone groups is 1. The minimum atomic E-state index is -4.14. The van der Waals surface area contributed by atoms with Gasteiger partial charge in [0, 0.05) is 10.7 Å². The molecule has 1 amide bonds. The first kappa shape index (κ1) is 19.2. The third-order valence-electron chi connectivity index (χ3n) is 4.72. The number of para-hydroxylation sites is 1. The van der Waals surface area contributed by atoms with Gasteiger partial charge in [0.1, 0.15) is 10.9 Å². The number of carbonyl (C=O) groups excluding carboxylic acids is 1. The van der Waals surface area contributed by atoms with E-state index in [1.165, 1.54) is 17.0 Å². The lowest BCUT2D eigenvalue weighted by molar-refractivity contribution is -0.117. The Morgan fingerprint density at radius 3 is 1.97 bits per heavy atom. The van der Waals surface area contributed by atoms with E-state index in [9.17, 15) is 18.3 Å². The SMILES string of the molecule is O=C1C(O)=C(S(=O)(=O)c2ccccc2)[C@H](c2ccc(Cl)cc2)N1c1ccccc1. The molecule has 7 heteroatoms. The van der Waals surface area contributed by atoms with E-state index in [1.807, 2.05) is 0 Å². The fraction of sp³-hybridized carbons (Fsp3) is 0.0455. The number of nitrogens with zero attached hydrogens (tertiary/aromatic N) is 1. The lowest BCUT2D eigenvalue weighted by Gasteiger charge is -2.27. The molecule has 3 aromatic carbocycles. The van der Waals surface area contributed by atoms with Crippen molar-refractivity contribution in [2.45, 2.75) is 10.9 Å². The Hall–Kier alpha value is -3.09. The van der Waals surface area contributed by atoms with E-state index in [0.717, 1.165) is 0 Å². The van der Waals surface area contributed by atoms with Crippen LogP contribution in [0.4, 0.5) is 5.69 Å². The average Bonchev–Trinajstić information content (AvgIpc) is 3.01. The van der Waals surface area contributed by atoms with E-state index in [2.05, 4.69) is 0 Å². The number of carbonyl (C=O) groups is 1. The van der Waals surface area contributed by atoms with Gasteiger partial charge in [-0.25, -0.2) is 8.42 Å². The highest BCUT2D eigenvalue weighted by molar-refractivity contribution is 7.95. The monoisotopic (exact) mass is 425 g/mol. The predicted octanol–water partition coefficient (Wildman–Crippen LogP) is 4.67. The molecule has 0 aliphatic carbocycles. The van der Waals surface area contributed by atoms with E-state index in [-0.39, 0.29) is 9.80 Å². The number of aliphatic hydroxyl groups is 1. The fourth-order valence-corrected chi connectivity index (χ4v) is 5.16. The van der Waals surface area contributed by atoms with Crippen molar-refractivity contribution in [3.05, 3.63) is 106 Å². The summed E-state index contributed by atoms with van der Waals surface area (Å²) in [6.45, 7) is 0. The molecule has 5 nitrogen and oxygen atoms in total. The van der Waals surface area contributed by atoms with E-state index in [0.29, 0.717) is 16.3 Å². The summed E-state index contributed by atoms with van der Waals surface area (Å²) in [6.07, 6.45) is 0. The quantitative estimate of drug-likeness (QED) is 0.659. The maximum atomic E-state index is 13.4. The zero-order chi connectivity index (χ0) is 20.6. The highest BCUT2D eigenvalue weighted by Crippen LogP contribution is 2.44. The number of anilines is 1. The summed E-state index contributed by atoms with van der Waals surface area (Å²) in [5.74, 6) is -1.55. The summed E-state index contributed by atoms with van der Waals surface area (Å²) in [6, 6.07) is 21.9. The van der Waals surface area contributed by atoms with Crippen molar-refractivity contribution in [3.63, 3.8) is 0 Å². The molecule has 0 spiro atoms. The van der Waals surface area contributed by atoms with Crippen LogP contribution in [0, 0.1) is 0 Å². The molecular formula is C22H16ClNO4S. The molecule has 0 aromatic heterocycles. The minimum Gasteiger partial charge on any atom is -0.502 e. The van der Waals surface area contributed by atoms with E-state index < -0.39 is 27.5 Å². The van der Waals surface area contributed by atoms with Crippen molar-refractivity contribution in [2.75, 3.05) is 4.90 Å². The molecule has 1 atom stereocenters. The van der Waals surface area contributed by atoms with Gasteiger partial charge in [0.25, 0.3) is 5.91 Å². The number of halogens is 1. The Morgan fingerprint density at radius 1 is 0.828 bits per heavy atom. The lowest BCUT2D eigenvalue weighted by atomic mass is 10.1. The Morgan fingerprint density at radius 2 is 1.38 bits per heavy atom. The topological polar surface area (TPSA) is 74.7 Å². The summed E-state index contributed by atoms with van der Waals surface area (Å²) in [5.41, 5.74) is 0.993. The maximum Gasteiger partial charge on any atom is 0.295 e. The number of rotatable bonds is 4. The fourth-order valence-electron chi connectivity index (χ4n) is 3.38. The lowest BCUT2D eigenvalue weighted by Crippen LogP contribution is -2.31. The van der Waals surface area contributed by atoms with Gasteiger partial charge in [-0.2, -0.15) is 0 Å². The number of amides is 1. The van der Waals surface area contributed by atoms with Crippen LogP contribution < -0.4 is 4.90 Å². The Kier molecular flexibility index (Phi) is 4.90. The summed E-state index contributed by atoms with van der Waals surface area (Å²) in [7, 11) is -4.14. The molecule has 0 radical (unpaired) electrons. The van der Waals surface area contributed by atoms with Gasteiger partial charge < -0.3 is 5.11 Å². The van der Waals surface area contributed by atoms with Gasteiger partial charge in [0.2, 0.25) is 9.84 Å². The molecule has 146 valence electrons. The molecule has 1 N–H and O–H groups in total. The molecule has 4 rings (SSSR count). The van der Waals surface area contributed by atoms with Gasteiger partial charge in [0.05, 0.1) is 4.90 Å². The van der Waals surface area contributed by atoms with Crippen LogP contribution in [0.25, 0.3) is 0 Å². The number of benzene rings is 3. The number of aliphatic hydroxyl groups excluding tert-OH is 1. The second kappa shape index (κ2) is 7.39. The van der Waals surface area contributed by atoms with Crippen LogP contribution in [0.3, 0.4) is 0 Å². The van der Waals surface area contributed by atoms with Crippen LogP contribution in [0.2, 0.25) is 5.02 Å². The van der Waals surface area contributed by atoms with Crippen molar-refractivity contribution in [3.8, 4) is 0 Å². The summed E-state index contributed by atoms with van der Waals surface area (Å²) >= 11 is 5.99. The largest absolute Gasteiger partial charge is 0.502 e. The van der Waals surface area contributed by atoms with E-state index in [4.69, 9.17) is 11.6 Å². The molecule has 1 aliphatic heterocycles. The van der Waals surface area contributed by atoms with Crippen LogP contribution in [-0.4, -0.2) is 19.4 Å². The second-order valence-electron chi connectivity index (χ2n) is 6.49. The van der Waals surface area contributed by atoms with Crippen LogP contribution in [-0.2, 0) is 14.6 Å². The van der Waals surface area contributed by atoms with E-state index in [1.54, 1.807) is 72.8 Å². The van der Waals surface area contributed by atoms with Crippen LogP contribution in [0.1, 0.15) is 11.6 Å². The molecule has 29 heavy (non-hydrogen) atoms. The minimum absolute atomic E-state index is 0.00299. The molecule has 0 saturated heterocycles. The van der Waals surface area contributed by atoms with Crippen LogP contribution in [0.5, 0.6) is 0 Å². The first-order valence-electron chi connectivity index (χ1n) is 8.78. The van der Waals surface area contributed by atoms with Crippen LogP contribution >= 0.6 is 11.6 Å². The van der Waals surface area contributed by atoms with Crippen molar-refractivity contribution < 1.29 is 18.3 Å². The normalized spacial score (nSPS) is 17.1. The van der Waals surface area contributed by atoms with Gasteiger partial charge in [-0.1, -0.05) is 60.1 Å². The van der Waals surface area contributed by atoms with E-state index >= 15 is 0 Å². The Balaban J connectivity index is 1.95. The molecule has 0 fully saturated rings. The van der Waals surface area contributed by atoms with Crippen molar-refractivity contribution in [1.82, 2.24) is 0 Å².